The second-order valence-corrected chi connectivity index (χ2v) is 6.59. The SMILES string of the molecule is CC[C@H]1C2c3ccccc3Cc3ccccc3N2CCN1C(=O)O. The van der Waals surface area contributed by atoms with Crippen molar-refractivity contribution in [3.63, 3.8) is 0 Å². The van der Waals surface area contributed by atoms with Crippen LogP contribution in [-0.2, 0) is 6.42 Å². The summed E-state index contributed by atoms with van der Waals surface area (Å²) in [6.07, 6.45) is 0.906. The molecule has 0 radical (unpaired) electrons. The molecule has 1 fully saturated rings. The lowest BCUT2D eigenvalue weighted by molar-refractivity contribution is 0.101. The van der Waals surface area contributed by atoms with Gasteiger partial charge in [-0.25, -0.2) is 4.79 Å². The van der Waals surface area contributed by atoms with Crippen molar-refractivity contribution in [3.05, 3.63) is 65.2 Å². The van der Waals surface area contributed by atoms with Crippen LogP contribution in [0.1, 0.15) is 36.1 Å². The molecule has 1 unspecified atom stereocenters. The number of carbonyl (C=O) groups is 1. The van der Waals surface area contributed by atoms with Crippen LogP contribution in [0.25, 0.3) is 0 Å². The van der Waals surface area contributed by atoms with E-state index < -0.39 is 6.09 Å². The summed E-state index contributed by atoms with van der Waals surface area (Å²) >= 11 is 0. The Balaban J connectivity index is 1.91. The largest absolute Gasteiger partial charge is 0.465 e. The maximum atomic E-state index is 11.7. The van der Waals surface area contributed by atoms with Gasteiger partial charge in [0.05, 0.1) is 12.1 Å². The van der Waals surface area contributed by atoms with Crippen LogP contribution in [0, 0.1) is 0 Å². The zero-order valence-corrected chi connectivity index (χ0v) is 13.9. The van der Waals surface area contributed by atoms with Crippen molar-refractivity contribution < 1.29 is 9.90 Å². The van der Waals surface area contributed by atoms with Crippen molar-refractivity contribution in [1.82, 2.24) is 4.90 Å². The number of hydrogen-bond donors (Lipinski definition) is 1. The minimum absolute atomic E-state index is 0.0245. The van der Waals surface area contributed by atoms with Crippen LogP contribution in [0.2, 0.25) is 0 Å². The van der Waals surface area contributed by atoms with Crippen molar-refractivity contribution in [2.75, 3.05) is 18.0 Å². The van der Waals surface area contributed by atoms with E-state index in [1.54, 1.807) is 4.90 Å². The first kappa shape index (κ1) is 15.1. The second kappa shape index (κ2) is 5.86. The monoisotopic (exact) mass is 322 g/mol. The highest BCUT2D eigenvalue weighted by molar-refractivity contribution is 5.68. The first-order valence-corrected chi connectivity index (χ1v) is 8.62. The zero-order chi connectivity index (χ0) is 16.7. The van der Waals surface area contributed by atoms with E-state index in [-0.39, 0.29) is 12.1 Å². The highest BCUT2D eigenvalue weighted by atomic mass is 16.4. The molecule has 0 bridgehead atoms. The fraction of sp³-hybridized carbons (Fsp3) is 0.350. The maximum Gasteiger partial charge on any atom is 0.407 e. The molecule has 0 spiro atoms. The highest BCUT2D eigenvalue weighted by Gasteiger charge is 2.41. The number of nitrogens with zero attached hydrogens (tertiary/aromatic N) is 2. The first-order chi connectivity index (χ1) is 11.7. The summed E-state index contributed by atoms with van der Waals surface area (Å²) in [7, 11) is 0. The average Bonchev–Trinajstić information content (AvgIpc) is 2.75. The van der Waals surface area contributed by atoms with Crippen LogP contribution >= 0.6 is 0 Å². The van der Waals surface area contributed by atoms with Crippen LogP contribution < -0.4 is 4.90 Å². The molecule has 124 valence electrons. The van der Waals surface area contributed by atoms with Gasteiger partial charge in [-0.05, 0) is 35.6 Å². The molecule has 4 heteroatoms. The van der Waals surface area contributed by atoms with E-state index in [1.165, 1.54) is 22.4 Å². The summed E-state index contributed by atoms with van der Waals surface area (Å²) < 4.78 is 0. The first-order valence-electron chi connectivity index (χ1n) is 8.62. The molecule has 4 rings (SSSR count). The molecule has 2 aromatic rings. The number of carboxylic acid groups (broad SMARTS) is 1. The minimum atomic E-state index is -0.809. The average molecular weight is 322 g/mol. The zero-order valence-electron chi connectivity index (χ0n) is 13.9. The number of piperazine rings is 1. The van der Waals surface area contributed by atoms with Crippen molar-refractivity contribution in [3.8, 4) is 0 Å². The molecule has 2 atom stereocenters. The van der Waals surface area contributed by atoms with Gasteiger partial charge in [0, 0.05) is 18.8 Å². The van der Waals surface area contributed by atoms with E-state index in [4.69, 9.17) is 0 Å². The van der Waals surface area contributed by atoms with Crippen LogP contribution in [0.5, 0.6) is 0 Å². The number of amides is 1. The van der Waals surface area contributed by atoms with Crippen LogP contribution in [0.3, 0.4) is 0 Å². The van der Waals surface area contributed by atoms with Gasteiger partial charge >= 0.3 is 6.09 Å². The van der Waals surface area contributed by atoms with Crippen molar-refractivity contribution in [2.45, 2.75) is 31.8 Å². The van der Waals surface area contributed by atoms with Gasteiger partial charge in [0.25, 0.3) is 0 Å². The van der Waals surface area contributed by atoms with Crippen LogP contribution in [-0.4, -0.2) is 35.2 Å². The van der Waals surface area contributed by atoms with Gasteiger partial charge in [-0.3, -0.25) is 0 Å². The van der Waals surface area contributed by atoms with Gasteiger partial charge in [0.2, 0.25) is 0 Å². The standard InChI is InChI=1S/C20H22N2O2/c1-2-17-19-16-9-5-3-7-14(16)13-15-8-4-6-10-18(15)21(19)11-12-22(17)20(23)24/h3-10,17,19H,2,11-13H2,1H3,(H,23,24)/t17-,19?/m0/s1. The van der Waals surface area contributed by atoms with E-state index in [2.05, 4.69) is 60.4 Å². The Morgan fingerprint density at radius 2 is 1.79 bits per heavy atom. The molecule has 0 aliphatic carbocycles. The van der Waals surface area contributed by atoms with Crippen LogP contribution in [0.15, 0.2) is 48.5 Å². The molecule has 1 saturated heterocycles. The fourth-order valence-corrected chi connectivity index (χ4v) is 4.35. The lowest BCUT2D eigenvalue weighted by Gasteiger charge is -2.47. The number of hydrogen-bond acceptors (Lipinski definition) is 2. The summed E-state index contributed by atoms with van der Waals surface area (Å²) in [5.74, 6) is 0. The normalized spacial score (nSPS) is 22.2. The third-order valence-corrected chi connectivity index (χ3v) is 5.40. The molecule has 1 N–H and O–H groups in total. The Kier molecular flexibility index (Phi) is 3.68. The predicted molar refractivity (Wildman–Crippen MR) is 94.6 cm³/mol. The summed E-state index contributed by atoms with van der Waals surface area (Å²) in [4.78, 5) is 15.8. The van der Waals surface area contributed by atoms with Gasteiger partial charge in [-0.1, -0.05) is 49.4 Å². The lowest BCUT2D eigenvalue weighted by Crippen LogP contribution is -2.56. The van der Waals surface area contributed by atoms with E-state index in [0.29, 0.717) is 6.54 Å². The van der Waals surface area contributed by atoms with Gasteiger partial charge in [0.15, 0.2) is 0 Å². The summed E-state index contributed by atoms with van der Waals surface area (Å²) in [6.45, 7) is 3.38. The quantitative estimate of drug-likeness (QED) is 0.865. The maximum absolute atomic E-state index is 11.7. The topological polar surface area (TPSA) is 43.8 Å². The fourth-order valence-electron chi connectivity index (χ4n) is 4.35. The molecule has 2 aliphatic heterocycles. The van der Waals surface area contributed by atoms with E-state index in [9.17, 15) is 9.90 Å². The molecule has 2 aliphatic rings. The van der Waals surface area contributed by atoms with E-state index in [1.807, 2.05) is 0 Å². The smallest absolute Gasteiger partial charge is 0.407 e. The third-order valence-electron chi connectivity index (χ3n) is 5.40. The van der Waals surface area contributed by atoms with E-state index in [0.717, 1.165) is 19.4 Å². The van der Waals surface area contributed by atoms with Crippen molar-refractivity contribution >= 4 is 11.8 Å². The Morgan fingerprint density at radius 1 is 1.08 bits per heavy atom. The van der Waals surface area contributed by atoms with Crippen molar-refractivity contribution in [1.29, 1.82) is 0 Å². The second-order valence-electron chi connectivity index (χ2n) is 6.59. The predicted octanol–water partition coefficient (Wildman–Crippen LogP) is 3.91. The Morgan fingerprint density at radius 3 is 2.54 bits per heavy atom. The molecular formula is C20H22N2O2. The van der Waals surface area contributed by atoms with Gasteiger partial charge in [0.1, 0.15) is 0 Å². The number of benzene rings is 2. The lowest BCUT2D eigenvalue weighted by atomic mass is 9.89. The van der Waals surface area contributed by atoms with Gasteiger partial charge in [-0.15, -0.1) is 0 Å². The molecule has 24 heavy (non-hydrogen) atoms. The molecule has 4 nitrogen and oxygen atoms in total. The Bertz CT molecular complexity index is 774. The van der Waals surface area contributed by atoms with Crippen molar-refractivity contribution in [2.24, 2.45) is 0 Å². The highest BCUT2D eigenvalue weighted by Crippen LogP contribution is 2.42. The number of anilines is 1. The molecule has 0 aromatic heterocycles. The third kappa shape index (κ3) is 2.25. The molecule has 2 aromatic carbocycles. The number of fused-ring (bicyclic) bond motifs is 5. The summed E-state index contributed by atoms with van der Waals surface area (Å²) in [5, 5.41) is 9.65. The van der Waals surface area contributed by atoms with Gasteiger partial charge < -0.3 is 14.9 Å². The molecule has 2 heterocycles. The minimum Gasteiger partial charge on any atom is -0.465 e. The van der Waals surface area contributed by atoms with Crippen LogP contribution in [0.4, 0.5) is 10.5 Å². The number of rotatable bonds is 1. The number of para-hydroxylation sites is 1. The Labute approximate surface area is 142 Å². The summed E-state index contributed by atoms with van der Waals surface area (Å²) in [6, 6.07) is 17.1. The van der Waals surface area contributed by atoms with Gasteiger partial charge in [-0.2, -0.15) is 0 Å². The van der Waals surface area contributed by atoms with E-state index >= 15 is 0 Å². The molecule has 0 saturated carbocycles. The molecule has 1 amide bonds. The Hall–Kier alpha value is -2.49. The molecular weight excluding hydrogens is 300 g/mol. The summed E-state index contributed by atoms with van der Waals surface area (Å²) in [5.41, 5.74) is 5.16.